The molecule has 188 valence electrons. The van der Waals surface area contributed by atoms with E-state index in [1.165, 1.54) is 13.8 Å². The Balaban J connectivity index is 2.83. The molecule has 2 N–H and O–H groups in total. The summed E-state index contributed by atoms with van der Waals surface area (Å²) in [7, 11) is 0. The van der Waals surface area contributed by atoms with Crippen LogP contribution in [0, 0.1) is 11.3 Å². The molecule has 1 saturated heterocycles. The van der Waals surface area contributed by atoms with Crippen LogP contribution in [0.5, 0.6) is 0 Å². The van der Waals surface area contributed by atoms with E-state index in [0.717, 1.165) is 4.90 Å². The monoisotopic (exact) mass is 470 g/mol. The second kappa shape index (κ2) is 11.5. The van der Waals surface area contributed by atoms with Crippen molar-refractivity contribution >= 4 is 29.7 Å². The topological polar surface area (TPSA) is 139 Å². The van der Waals surface area contributed by atoms with Crippen LogP contribution in [0.2, 0.25) is 0 Å². The number of piperidine rings is 1. The summed E-state index contributed by atoms with van der Waals surface area (Å²) in [4.78, 5) is 63.0. The highest BCUT2D eigenvalue weighted by Gasteiger charge is 2.42. The lowest BCUT2D eigenvalue weighted by molar-refractivity contribution is -0.161. The number of carbonyl (C=O) groups is 5. The summed E-state index contributed by atoms with van der Waals surface area (Å²) in [5.74, 6) is -3.56. The van der Waals surface area contributed by atoms with E-state index < -0.39 is 59.4 Å². The van der Waals surface area contributed by atoms with Crippen LogP contribution in [-0.2, 0) is 28.7 Å². The zero-order valence-corrected chi connectivity index (χ0v) is 20.7. The smallest absolute Gasteiger partial charge is 0.408 e. The van der Waals surface area contributed by atoms with E-state index in [1.807, 2.05) is 13.8 Å². The molecule has 2 atom stereocenters. The third-order valence-corrected chi connectivity index (χ3v) is 5.12. The standard InChI is InChI=1S/C23H38N2O8/c1-14(2)12-15(24-21(31)33-22(3,4)5)20(30)32-13-23(6,7)17(26)18(27)25-11-9-8-10-16(25)19(28)29/h14-16H,8-13H2,1-7H3,(H,24,31)(H,28,29)/t15-,16-/m0/s1. The summed E-state index contributed by atoms with van der Waals surface area (Å²) in [5, 5.41) is 11.9. The number of rotatable bonds is 9. The van der Waals surface area contributed by atoms with Crippen LogP contribution in [0.15, 0.2) is 0 Å². The van der Waals surface area contributed by atoms with E-state index in [-0.39, 0.29) is 18.9 Å². The van der Waals surface area contributed by atoms with Crippen molar-refractivity contribution in [2.75, 3.05) is 13.2 Å². The molecule has 0 saturated carbocycles. The number of carboxylic acid groups (broad SMARTS) is 1. The van der Waals surface area contributed by atoms with Gasteiger partial charge in [0.05, 0.1) is 5.41 Å². The Morgan fingerprint density at radius 2 is 1.67 bits per heavy atom. The number of Topliss-reactive ketones (excluding diaryl/α,β-unsaturated/α-hetero) is 1. The highest BCUT2D eigenvalue weighted by Crippen LogP contribution is 2.24. The second-order valence-corrected chi connectivity index (χ2v) is 10.5. The van der Waals surface area contributed by atoms with Crippen molar-refractivity contribution in [2.45, 2.75) is 91.8 Å². The molecule has 10 heteroatoms. The van der Waals surface area contributed by atoms with E-state index in [1.54, 1.807) is 20.8 Å². The quantitative estimate of drug-likeness (QED) is 0.387. The van der Waals surface area contributed by atoms with E-state index in [2.05, 4.69) is 5.32 Å². The van der Waals surface area contributed by atoms with Gasteiger partial charge in [0.2, 0.25) is 5.78 Å². The normalized spacial score (nSPS) is 17.8. The third kappa shape index (κ3) is 9.01. The van der Waals surface area contributed by atoms with Gasteiger partial charge in [-0.2, -0.15) is 0 Å². The van der Waals surface area contributed by atoms with Gasteiger partial charge in [-0.3, -0.25) is 9.59 Å². The SMILES string of the molecule is CC(C)C[C@H](NC(=O)OC(C)(C)C)C(=O)OCC(C)(C)C(=O)C(=O)N1CCCC[C@H]1C(=O)O. The van der Waals surface area contributed by atoms with Crippen molar-refractivity contribution in [3.8, 4) is 0 Å². The Morgan fingerprint density at radius 1 is 1.06 bits per heavy atom. The van der Waals surface area contributed by atoms with Gasteiger partial charge in [-0.25, -0.2) is 14.4 Å². The first-order valence-corrected chi connectivity index (χ1v) is 11.3. The number of ketones is 1. The van der Waals surface area contributed by atoms with Gasteiger partial charge in [0.25, 0.3) is 5.91 Å². The molecule has 0 unspecified atom stereocenters. The highest BCUT2D eigenvalue weighted by molar-refractivity contribution is 6.38. The predicted molar refractivity (Wildman–Crippen MR) is 119 cm³/mol. The summed E-state index contributed by atoms with van der Waals surface area (Å²) in [6.07, 6.45) is 1.10. The van der Waals surface area contributed by atoms with Gasteiger partial charge >= 0.3 is 18.0 Å². The number of likely N-dealkylation sites (tertiary alicyclic amines) is 1. The molecule has 2 amide bonds. The Morgan fingerprint density at radius 3 is 2.18 bits per heavy atom. The van der Waals surface area contributed by atoms with Crippen molar-refractivity contribution in [3.05, 3.63) is 0 Å². The largest absolute Gasteiger partial charge is 0.480 e. The zero-order chi connectivity index (χ0) is 25.6. The number of alkyl carbamates (subject to hydrolysis) is 1. The van der Waals surface area contributed by atoms with Crippen molar-refractivity contribution in [2.24, 2.45) is 11.3 Å². The number of amides is 2. The second-order valence-electron chi connectivity index (χ2n) is 10.5. The van der Waals surface area contributed by atoms with E-state index in [0.29, 0.717) is 19.3 Å². The molecule has 0 spiro atoms. The zero-order valence-electron chi connectivity index (χ0n) is 20.7. The maximum absolute atomic E-state index is 12.9. The Bertz CT molecular complexity index is 754. The summed E-state index contributed by atoms with van der Waals surface area (Å²) in [6, 6.07) is -2.03. The summed E-state index contributed by atoms with van der Waals surface area (Å²) in [5.41, 5.74) is -2.12. The summed E-state index contributed by atoms with van der Waals surface area (Å²) < 4.78 is 10.5. The first-order chi connectivity index (χ1) is 15.0. The van der Waals surface area contributed by atoms with Gasteiger partial charge in [-0.15, -0.1) is 0 Å². The number of hydrogen-bond donors (Lipinski definition) is 2. The number of carboxylic acids is 1. The van der Waals surface area contributed by atoms with Gasteiger partial charge in [0.15, 0.2) is 0 Å². The fourth-order valence-corrected chi connectivity index (χ4v) is 3.40. The average molecular weight is 471 g/mol. The van der Waals surface area contributed by atoms with Gasteiger partial charge in [-0.1, -0.05) is 13.8 Å². The fourth-order valence-electron chi connectivity index (χ4n) is 3.40. The lowest BCUT2D eigenvalue weighted by Gasteiger charge is -2.34. The number of carbonyl (C=O) groups excluding carboxylic acids is 4. The molecule has 0 bridgehead atoms. The molecule has 1 aliphatic heterocycles. The van der Waals surface area contributed by atoms with Gasteiger partial charge in [0.1, 0.15) is 24.3 Å². The first kappa shape index (κ1) is 28.4. The number of nitrogens with one attached hydrogen (secondary N) is 1. The van der Waals surface area contributed by atoms with Crippen molar-refractivity contribution < 1.29 is 38.6 Å². The number of ether oxygens (including phenoxy) is 2. The molecule has 0 radical (unpaired) electrons. The lowest BCUT2D eigenvalue weighted by Crippen LogP contribution is -2.53. The van der Waals surface area contributed by atoms with Crippen LogP contribution >= 0.6 is 0 Å². The number of aliphatic carboxylic acids is 1. The minimum Gasteiger partial charge on any atom is -0.480 e. The Labute approximate surface area is 195 Å². The van der Waals surface area contributed by atoms with Crippen LogP contribution in [0.3, 0.4) is 0 Å². The van der Waals surface area contributed by atoms with Gasteiger partial charge in [-0.05, 0) is 66.2 Å². The molecular weight excluding hydrogens is 432 g/mol. The molecule has 33 heavy (non-hydrogen) atoms. The Kier molecular flexibility index (Phi) is 9.87. The van der Waals surface area contributed by atoms with Crippen LogP contribution in [0.4, 0.5) is 4.79 Å². The number of esters is 1. The van der Waals surface area contributed by atoms with Gasteiger partial charge < -0.3 is 24.8 Å². The summed E-state index contributed by atoms with van der Waals surface area (Å²) >= 11 is 0. The lowest BCUT2D eigenvalue weighted by atomic mass is 9.87. The minimum absolute atomic E-state index is 0.0563. The van der Waals surface area contributed by atoms with E-state index >= 15 is 0 Å². The minimum atomic E-state index is -1.37. The fraction of sp³-hybridized carbons (Fsp3) is 0.783. The van der Waals surface area contributed by atoms with Crippen LogP contribution < -0.4 is 5.32 Å². The molecule has 10 nitrogen and oxygen atoms in total. The third-order valence-electron chi connectivity index (χ3n) is 5.12. The van der Waals surface area contributed by atoms with Crippen LogP contribution in [0.1, 0.15) is 74.1 Å². The van der Waals surface area contributed by atoms with Crippen molar-refractivity contribution in [1.29, 1.82) is 0 Å². The Hall–Kier alpha value is -2.65. The van der Waals surface area contributed by atoms with E-state index in [4.69, 9.17) is 9.47 Å². The predicted octanol–water partition coefficient (Wildman–Crippen LogP) is 2.53. The first-order valence-electron chi connectivity index (χ1n) is 11.3. The molecular formula is C23H38N2O8. The number of nitrogens with zero attached hydrogens (tertiary/aromatic N) is 1. The number of hydrogen-bond acceptors (Lipinski definition) is 7. The summed E-state index contributed by atoms with van der Waals surface area (Å²) in [6.45, 7) is 11.6. The molecule has 1 fully saturated rings. The molecule has 1 aliphatic rings. The molecule has 0 aromatic carbocycles. The highest BCUT2D eigenvalue weighted by atomic mass is 16.6. The maximum atomic E-state index is 12.9. The van der Waals surface area contributed by atoms with Crippen LogP contribution in [-0.4, -0.2) is 70.6 Å². The molecule has 0 aromatic heterocycles. The average Bonchev–Trinajstić information content (AvgIpc) is 2.68. The molecule has 1 rings (SSSR count). The maximum Gasteiger partial charge on any atom is 0.408 e. The van der Waals surface area contributed by atoms with Crippen LogP contribution in [0.25, 0.3) is 0 Å². The van der Waals surface area contributed by atoms with Gasteiger partial charge in [0, 0.05) is 6.54 Å². The van der Waals surface area contributed by atoms with E-state index in [9.17, 15) is 29.1 Å². The molecule has 1 heterocycles. The molecule has 0 aromatic rings. The van der Waals surface area contributed by atoms with Crippen molar-refractivity contribution in [1.82, 2.24) is 10.2 Å². The molecule has 0 aliphatic carbocycles. The van der Waals surface area contributed by atoms with Crippen molar-refractivity contribution in [3.63, 3.8) is 0 Å².